The Balaban J connectivity index is 1.84. The zero-order chi connectivity index (χ0) is 12.8. The molecule has 1 aromatic heterocycles. The second-order valence-electron chi connectivity index (χ2n) is 5.24. The van der Waals surface area contributed by atoms with E-state index in [1.54, 1.807) is 0 Å². The molecule has 18 heavy (non-hydrogen) atoms. The van der Waals surface area contributed by atoms with Crippen molar-refractivity contribution in [2.24, 2.45) is 11.8 Å². The summed E-state index contributed by atoms with van der Waals surface area (Å²) in [5, 5.41) is 6.65. The first-order chi connectivity index (χ1) is 8.79. The first-order valence-electron chi connectivity index (χ1n) is 7.10. The van der Waals surface area contributed by atoms with E-state index in [0.717, 1.165) is 43.1 Å². The van der Waals surface area contributed by atoms with Crippen LogP contribution < -0.4 is 10.6 Å². The van der Waals surface area contributed by atoms with E-state index in [9.17, 15) is 0 Å². The fraction of sp³-hybridized carbons (Fsp3) is 0.714. The van der Waals surface area contributed by atoms with Gasteiger partial charge in [-0.25, -0.2) is 4.98 Å². The Hall–Kier alpha value is -1.32. The third-order valence-electron chi connectivity index (χ3n) is 3.77. The van der Waals surface area contributed by atoms with Crippen LogP contribution in [0.2, 0.25) is 0 Å². The molecule has 0 aromatic carbocycles. The van der Waals surface area contributed by atoms with Gasteiger partial charge in [0.15, 0.2) is 0 Å². The number of nitrogens with one attached hydrogen (secondary N) is 2. The Morgan fingerprint density at radius 1 is 1.33 bits per heavy atom. The maximum Gasteiger partial charge on any atom is 0.224 e. The van der Waals surface area contributed by atoms with E-state index >= 15 is 0 Å². The van der Waals surface area contributed by atoms with Crippen molar-refractivity contribution in [3.05, 3.63) is 12.3 Å². The smallest absolute Gasteiger partial charge is 0.224 e. The summed E-state index contributed by atoms with van der Waals surface area (Å²) in [7, 11) is 0. The molecule has 0 bridgehead atoms. The average molecular weight is 248 g/mol. The minimum absolute atomic E-state index is 0.723. The zero-order valence-electron chi connectivity index (χ0n) is 11.4. The monoisotopic (exact) mass is 248 g/mol. The first-order valence-corrected chi connectivity index (χ1v) is 7.10. The number of nitrogens with zero attached hydrogens (tertiary/aromatic N) is 2. The Morgan fingerprint density at radius 2 is 2.22 bits per heavy atom. The third kappa shape index (κ3) is 3.59. The maximum absolute atomic E-state index is 4.46. The number of hydrogen-bond acceptors (Lipinski definition) is 4. The predicted molar refractivity (Wildman–Crippen MR) is 75.8 cm³/mol. The van der Waals surface area contributed by atoms with Crippen LogP contribution in [0.5, 0.6) is 0 Å². The highest BCUT2D eigenvalue weighted by Crippen LogP contribution is 2.31. The molecule has 0 amide bonds. The molecule has 4 heteroatoms. The topological polar surface area (TPSA) is 49.8 Å². The molecule has 100 valence electrons. The van der Waals surface area contributed by atoms with Crippen LogP contribution in [0.3, 0.4) is 0 Å². The van der Waals surface area contributed by atoms with Crippen molar-refractivity contribution in [1.29, 1.82) is 0 Å². The summed E-state index contributed by atoms with van der Waals surface area (Å²) in [4.78, 5) is 8.67. The fourth-order valence-electron chi connectivity index (χ4n) is 2.54. The van der Waals surface area contributed by atoms with Crippen LogP contribution in [0.4, 0.5) is 11.8 Å². The summed E-state index contributed by atoms with van der Waals surface area (Å²) in [6.45, 7) is 6.44. The predicted octanol–water partition coefficient (Wildman–Crippen LogP) is 3.15. The molecule has 2 rings (SSSR count). The second-order valence-corrected chi connectivity index (χ2v) is 5.24. The van der Waals surface area contributed by atoms with E-state index in [4.69, 9.17) is 0 Å². The van der Waals surface area contributed by atoms with Gasteiger partial charge in [0, 0.05) is 19.3 Å². The SMILES string of the molecule is CCCNc1nccc(NCC2CCCC2C)n1. The summed E-state index contributed by atoms with van der Waals surface area (Å²) in [5.41, 5.74) is 0. The van der Waals surface area contributed by atoms with Crippen LogP contribution in [-0.2, 0) is 0 Å². The van der Waals surface area contributed by atoms with Crippen LogP contribution in [0.1, 0.15) is 39.5 Å². The molecular formula is C14H24N4. The van der Waals surface area contributed by atoms with E-state index in [-0.39, 0.29) is 0 Å². The summed E-state index contributed by atoms with van der Waals surface area (Å²) >= 11 is 0. The van der Waals surface area contributed by atoms with Crippen LogP contribution >= 0.6 is 0 Å². The minimum atomic E-state index is 0.723. The van der Waals surface area contributed by atoms with Gasteiger partial charge in [0.1, 0.15) is 5.82 Å². The molecule has 1 heterocycles. The molecular weight excluding hydrogens is 224 g/mol. The van der Waals surface area contributed by atoms with E-state index < -0.39 is 0 Å². The standard InChI is InChI=1S/C14H24N4/c1-3-8-15-14-16-9-7-13(18-14)17-10-12-6-4-5-11(12)2/h7,9,11-12H,3-6,8,10H2,1-2H3,(H2,15,16,17,18). The Kier molecular flexibility index (Phi) is 4.79. The van der Waals surface area contributed by atoms with E-state index in [2.05, 4.69) is 34.4 Å². The highest BCUT2D eigenvalue weighted by atomic mass is 15.1. The van der Waals surface area contributed by atoms with Crippen molar-refractivity contribution in [2.45, 2.75) is 39.5 Å². The molecule has 2 unspecified atom stereocenters. The van der Waals surface area contributed by atoms with Crippen LogP contribution in [0, 0.1) is 11.8 Å². The minimum Gasteiger partial charge on any atom is -0.370 e. The molecule has 0 saturated heterocycles. The number of rotatable bonds is 6. The van der Waals surface area contributed by atoms with Crippen molar-refractivity contribution >= 4 is 11.8 Å². The zero-order valence-corrected chi connectivity index (χ0v) is 11.4. The second kappa shape index (κ2) is 6.57. The van der Waals surface area contributed by atoms with Crippen molar-refractivity contribution in [3.8, 4) is 0 Å². The molecule has 0 radical (unpaired) electrons. The summed E-state index contributed by atoms with van der Waals surface area (Å²) in [6, 6.07) is 1.94. The normalized spacial score (nSPS) is 23.0. The average Bonchev–Trinajstić information content (AvgIpc) is 2.80. The highest BCUT2D eigenvalue weighted by Gasteiger charge is 2.22. The van der Waals surface area contributed by atoms with E-state index in [1.165, 1.54) is 19.3 Å². The summed E-state index contributed by atoms with van der Waals surface area (Å²) < 4.78 is 0. The first kappa shape index (κ1) is 13.1. The molecule has 1 aliphatic carbocycles. The maximum atomic E-state index is 4.46. The summed E-state index contributed by atoms with van der Waals surface area (Å²) in [6.07, 6.45) is 6.99. The van der Waals surface area contributed by atoms with Gasteiger partial charge in [-0.15, -0.1) is 0 Å². The van der Waals surface area contributed by atoms with Gasteiger partial charge in [-0.3, -0.25) is 0 Å². The van der Waals surface area contributed by atoms with E-state index in [1.807, 2.05) is 12.3 Å². The van der Waals surface area contributed by atoms with Crippen molar-refractivity contribution in [3.63, 3.8) is 0 Å². The Bertz CT molecular complexity index is 367. The molecule has 2 atom stereocenters. The Labute approximate surface area is 110 Å². The van der Waals surface area contributed by atoms with Crippen LogP contribution in [0.15, 0.2) is 12.3 Å². The van der Waals surface area contributed by atoms with Gasteiger partial charge in [0.05, 0.1) is 0 Å². The molecule has 0 spiro atoms. The third-order valence-corrected chi connectivity index (χ3v) is 3.77. The molecule has 4 nitrogen and oxygen atoms in total. The molecule has 2 N–H and O–H groups in total. The number of anilines is 2. The van der Waals surface area contributed by atoms with Gasteiger partial charge in [-0.2, -0.15) is 4.98 Å². The molecule has 1 fully saturated rings. The molecule has 1 aromatic rings. The lowest BCUT2D eigenvalue weighted by molar-refractivity contribution is 0.439. The van der Waals surface area contributed by atoms with Gasteiger partial charge < -0.3 is 10.6 Å². The lowest BCUT2D eigenvalue weighted by Crippen LogP contribution is -2.17. The van der Waals surface area contributed by atoms with Gasteiger partial charge >= 0.3 is 0 Å². The van der Waals surface area contributed by atoms with Crippen LogP contribution in [0.25, 0.3) is 0 Å². The van der Waals surface area contributed by atoms with Crippen molar-refractivity contribution in [1.82, 2.24) is 9.97 Å². The fourth-order valence-corrected chi connectivity index (χ4v) is 2.54. The molecule has 1 aliphatic rings. The van der Waals surface area contributed by atoms with E-state index in [0.29, 0.717) is 0 Å². The Morgan fingerprint density at radius 3 is 2.94 bits per heavy atom. The van der Waals surface area contributed by atoms with Gasteiger partial charge in [0.25, 0.3) is 0 Å². The lowest BCUT2D eigenvalue weighted by Gasteiger charge is -2.16. The van der Waals surface area contributed by atoms with Gasteiger partial charge in [0.2, 0.25) is 5.95 Å². The van der Waals surface area contributed by atoms with Crippen LogP contribution in [-0.4, -0.2) is 23.1 Å². The summed E-state index contributed by atoms with van der Waals surface area (Å²) in [5.74, 6) is 3.30. The quantitative estimate of drug-likeness (QED) is 0.812. The highest BCUT2D eigenvalue weighted by molar-refractivity contribution is 5.39. The van der Waals surface area contributed by atoms with Gasteiger partial charge in [-0.05, 0) is 30.7 Å². The largest absolute Gasteiger partial charge is 0.370 e. The lowest BCUT2D eigenvalue weighted by atomic mass is 9.98. The molecule has 1 saturated carbocycles. The number of aromatic nitrogens is 2. The van der Waals surface area contributed by atoms with Gasteiger partial charge in [-0.1, -0.05) is 26.7 Å². The number of hydrogen-bond donors (Lipinski definition) is 2. The van der Waals surface area contributed by atoms with Crippen molar-refractivity contribution in [2.75, 3.05) is 23.7 Å². The van der Waals surface area contributed by atoms with Crippen molar-refractivity contribution < 1.29 is 0 Å². The molecule has 0 aliphatic heterocycles.